The summed E-state index contributed by atoms with van der Waals surface area (Å²) in [5.74, 6) is -1.33. The van der Waals surface area contributed by atoms with Crippen molar-refractivity contribution < 1.29 is 27.9 Å². The first-order valence-corrected chi connectivity index (χ1v) is 11.5. The van der Waals surface area contributed by atoms with Crippen LogP contribution in [0.5, 0.6) is 0 Å². The Balaban J connectivity index is 1.48. The van der Waals surface area contributed by atoms with Crippen molar-refractivity contribution in [3.8, 4) is 11.3 Å². The number of aromatic carboxylic acids is 1. The molecule has 1 saturated heterocycles. The molecule has 36 heavy (non-hydrogen) atoms. The zero-order valence-electron chi connectivity index (χ0n) is 18.4. The molecule has 0 radical (unpaired) electrons. The van der Waals surface area contributed by atoms with E-state index >= 15 is 0 Å². The zero-order valence-corrected chi connectivity index (χ0v) is 19.2. The van der Waals surface area contributed by atoms with E-state index in [1.54, 1.807) is 30.3 Å². The smallest absolute Gasteiger partial charge is 0.335 e. The number of aliphatic imine (C=N–C) groups is 1. The van der Waals surface area contributed by atoms with Crippen LogP contribution in [0.25, 0.3) is 17.4 Å². The molecule has 0 unspecified atom stereocenters. The largest absolute Gasteiger partial charge is 0.478 e. The van der Waals surface area contributed by atoms with E-state index in [9.17, 15) is 18.4 Å². The number of carboxylic acids is 1. The van der Waals surface area contributed by atoms with Gasteiger partial charge < -0.3 is 9.52 Å². The second-order valence-corrected chi connectivity index (χ2v) is 8.69. The van der Waals surface area contributed by atoms with Crippen molar-refractivity contribution in [3.63, 3.8) is 0 Å². The third-order valence-corrected chi connectivity index (χ3v) is 6.23. The van der Waals surface area contributed by atoms with Crippen molar-refractivity contribution in [3.05, 3.63) is 113 Å². The summed E-state index contributed by atoms with van der Waals surface area (Å²) in [7, 11) is 0. The van der Waals surface area contributed by atoms with E-state index < -0.39 is 17.6 Å². The minimum atomic E-state index is -1.02. The van der Waals surface area contributed by atoms with Crippen molar-refractivity contribution >= 4 is 46.3 Å². The van der Waals surface area contributed by atoms with Crippen LogP contribution in [0.1, 0.15) is 16.1 Å². The number of nitrogens with zero attached hydrogens (tertiary/aromatic N) is 2. The quantitative estimate of drug-likeness (QED) is 0.306. The highest BCUT2D eigenvalue weighted by Gasteiger charge is 2.35. The maximum atomic E-state index is 13.5. The lowest BCUT2D eigenvalue weighted by Crippen LogP contribution is -2.28. The number of carboxylic acid groups (broad SMARTS) is 1. The molecule has 1 aliphatic rings. The summed E-state index contributed by atoms with van der Waals surface area (Å²) in [6.45, 7) is 0. The highest BCUT2D eigenvalue weighted by molar-refractivity contribution is 8.19. The molecule has 4 aromatic rings. The summed E-state index contributed by atoms with van der Waals surface area (Å²) in [4.78, 5) is 30.6. The van der Waals surface area contributed by atoms with Gasteiger partial charge in [0.1, 0.15) is 23.2 Å². The maximum Gasteiger partial charge on any atom is 0.335 e. The van der Waals surface area contributed by atoms with Crippen LogP contribution in [0.3, 0.4) is 0 Å². The van der Waals surface area contributed by atoms with Gasteiger partial charge in [-0.25, -0.2) is 18.6 Å². The summed E-state index contributed by atoms with van der Waals surface area (Å²) < 4.78 is 32.7. The molecule has 1 N–H and O–H groups in total. The van der Waals surface area contributed by atoms with E-state index in [0.29, 0.717) is 38.5 Å². The Bertz CT molecular complexity index is 1510. The number of carbonyl (C=O) groups is 2. The summed E-state index contributed by atoms with van der Waals surface area (Å²) in [5, 5.41) is 9.38. The van der Waals surface area contributed by atoms with Crippen LogP contribution >= 0.6 is 11.8 Å². The molecule has 2 heterocycles. The molecule has 3 aromatic carbocycles. The minimum absolute atomic E-state index is 0.162. The zero-order chi connectivity index (χ0) is 25.2. The standard InChI is InChI=1S/C27H16F2N2O4S/c28-18-5-9-20(10-6-18)30-27-31(21-11-7-19(29)8-12-21)25(32)24(36-27)15-22-13-14-23(35-22)16-1-3-17(4-2-16)26(33)34/h1-15H,(H,33,34)/b24-15-,30-27?. The third kappa shape index (κ3) is 4.82. The van der Waals surface area contributed by atoms with Crippen molar-refractivity contribution in [2.24, 2.45) is 4.99 Å². The molecule has 1 aliphatic heterocycles. The number of thioether (sulfide) groups is 1. The Hall–Kier alpha value is -4.50. The third-order valence-electron chi connectivity index (χ3n) is 5.26. The van der Waals surface area contributed by atoms with Crippen LogP contribution in [-0.4, -0.2) is 22.2 Å². The summed E-state index contributed by atoms with van der Waals surface area (Å²) >= 11 is 1.10. The van der Waals surface area contributed by atoms with E-state index in [-0.39, 0.29) is 11.5 Å². The van der Waals surface area contributed by atoms with Gasteiger partial charge in [0.05, 0.1) is 21.8 Å². The fourth-order valence-corrected chi connectivity index (χ4v) is 4.47. The molecule has 178 valence electrons. The lowest BCUT2D eigenvalue weighted by molar-refractivity contribution is -0.113. The first kappa shape index (κ1) is 23.3. The molecule has 6 nitrogen and oxygen atoms in total. The Morgan fingerprint density at radius 1 is 0.889 bits per heavy atom. The van der Waals surface area contributed by atoms with Gasteiger partial charge in [0, 0.05) is 11.6 Å². The second kappa shape index (κ2) is 9.63. The molecular formula is C27H16F2N2O4S. The number of benzene rings is 3. The molecular weight excluding hydrogens is 486 g/mol. The molecule has 1 fully saturated rings. The van der Waals surface area contributed by atoms with E-state index in [0.717, 1.165) is 11.8 Å². The highest BCUT2D eigenvalue weighted by Crippen LogP contribution is 2.38. The van der Waals surface area contributed by atoms with Gasteiger partial charge in [0.2, 0.25) is 0 Å². The van der Waals surface area contributed by atoms with Crippen molar-refractivity contribution in [2.45, 2.75) is 0 Å². The normalized spacial score (nSPS) is 15.7. The number of rotatable bonds is 5. The number of anilines is 1. The fourth-order valence-electron chi connectivity index (χ4n) is 3.48. The Morgan fingerprint density at radius 2 is 1.53 bits per heavy atom. The Labute approximate surface area is 208 Å². The lowest BCUT2D eigenvalue weighted by Gasteiger charge is -2.15. The fraction of sp³-hybridized carbons (Fsp3) is 0. The molecule has 1 aromatic heterocycles. The van der Waals surface area contributed by atoms with E-state index in [1.807, 2.05) is 0 Å². The van der Waals surface area contributed by atoms with Crippen LogP contribution in [0, 0.1) is 11.6 Å². The van der Waals surface area contributed by atoms with Crippen LogP contribution in [-0.2, 0) is 4.79 Å². The van der Waals surface area contributed by atoms with Gasteiger partial charge in [0.15, 0.2) is 5.17 Å². The minimum Gasteiger partial charge on any atom is -0.478 e. The molecule has 0 bridgehead atoms. The van der Waals surface area contributed by atoms with Crippen LogP contribution in [0.2, 0.25) is 0 Å². The van der Waals surface area contributed by atoms with Crippen molar-refractivity contribution in [1.82, 2.24) is 0 Å². The predicted molar refractivity (Wildman–Crippen MR) is 134 cm³/mol. The number of hydrogen-bond donors (Lipinski definition) is 1. The van der Waals surface area contributed by atoms with Gasteiger partial charge in [-0.2, -0.15) is 0 Å². The molecule has 5 rings (SSSR count). The van der Waals surface area contributed by atoms with Gasteiger partial charge in [-0.15, -0.1) is 0 Å². The molecule has 1 amide bonds. The van der Waals surface area contributed by atoms with Gasteiger partial charge in [-0.05, 0) is 84.6 Å². The van der Waals surface area contributed by atoms with Crippen molar-refractivity contribution in [2.75, 3.05) is 4.90 Å². The van der Waals surface area contributed by atoms with E-state index in [1.165, 1.54) is 65.6 Å². The number of amidine groups is 1. The summed E-state index contributed by atoms with van der Waals surface area (Å²) in [6.07, 6.45) is 1.58. The number of amides is 1. The number of halogens is 2. The van der Waals surface area contributed by atoms with Crippen LogP contribution in [0.15, 0.2) is 99.2 Å². The van der Waals surface area contributed by atoms with Gasteiger partial charge in [-0.3, -0.25) is 9.69 Å². The Morgan fingerprint density at radius 3 is 2.17 bits per heavy atom. The van der Waals surface area contributed by atoms with Gasteiger partial charge >= 0.3 is 5.97 Å². The summed E-state index contributed by atoms with van der Waals surface area (Å²) in [6, 6.07) is 20.6. The van der Waals surface area contributed by atoms with Crippen molar-refractivity contribution in [1.29, 1.82) is 0 Å². The average molecular weight is 502 g/mol. The van der Waals surface area contributed by atoms with Crippen LogP contribution < -0.4 is 4.90 Å². The van der Waals surface area contributed by atoms with E-state index in [2.05, 4.69) is 4.99 Å². The molecule has 0 spiro atoms. The van der Waals surface area contributed by atoms with Crippen LogP contribution in [0.4, 0.5) is 20.2 Å². The average Bonchev–Trinajstić information content (AvgIpc) is 3.46. The highest BCUT2D eigenvalue weighted by atomic mass is 32.2. The summed E-state index contributed by atoms with van der Waals surface area (Å²) in [5.41, 5.74) is 1.72. The monoisotopic (exact) mass is 502 g/mol. The Kier molecular flexibility index (Phi) is 6.22. The second-order valence-electron chi connectivity index (χ2n) is 7.68. The van der Waals surface area contributed by atoms with E-state index in [4.69, 9.17) is 9.52 Å². The number of hydrogen-bond acceptors (Lipinski definition) is 5. The SMILES string of the molecule is O=C(O)c1ccc(-c2ccc(/C=C3\SC(=Nc4ccc(F)cc4)N(c4ccc(F)cc4)C3=O)o2)cc1. The molecule has 0 atom stereocenters. The first-order valence-electron chi connectivity index (χ1n) is 10.6. The van der Waals surface area contributed by atoms with Gasteiger partial charge in [-0.1, -0.05) is 12.1 Å². The molecule has 9 heteroatoms. The molecule has 0 aliphatic carbocycles. The lowest BCUT2D eigenvalue weighted by atomic mass is 10.1. The molecule has 0 saturated carbocycles. The number of furan rings is 1. The maximum absolute atomic E-state index is 13.5. The number of carbonyl (C=O) groups excluding carboxylic acids is 1. The predicted octanol–water partition coefficient (Wildman–Crippen LogP) is 6.73. The topological polar surface area (TPSA) is 83.1 Å². The first-order chi connectivity index (χ1) is 17.4. The van der Waals surface area contributed by atoms with Gasteiger partial charge in [0.25, 0.3) is 5.91 Å².